The molecule has 0 saturated carbocycles. The number of hydrogen-bond acceptors (Lipinski definition) is 1. The van der Waals surface area contributed by atoms with Crippen LogP contribution in [0.4, 0.5) is 0 Å². The van der Waals surface area contributed by atoms with Gasteiger partial charge in [0.25, 0.3) is 0 Å². The van der Waals surface area contributed by atoms with E-state index < -0.39 is 0 Å². The maximum Gasteiger partial charge on any atom is 0.0768 e. The highest BCUT2D eigenvalue weighted by Crippen LogP contribution is 2.08. The van der Waals surface area contributed by atoms with Crippen LogP contribution >= 0.6 is 0 Å². The summed E-state index contributed by atoms with van der Waals surface area (Å²) in [5.41, 5.74) is 2.46. The molecule has 0 N–H and O–H groups in total. The van der Waals surface area contributed by atoms with Gasteiger partial charge in [-0.05, 0) is 29.0 Å². The normalized spacial score (nSPS) is 11.4. The Morgan fingerprint density at radius 2 is 1.70 bits per heavy atom. The van der Waals surface area contributed by atoms with Gasteiger partial charge in [0, 0.05) is 11.8 Å². The molecule has 0 aliphatic carbocycles. The first-order chi connectivity index (χ1) is 11.1. The van der Waals surface area contributed by atoms with Gasteiger partial charge in [-0.3, -0.25) is 4.99 Å². The lowest BCUT2D eigenvalue weighted by molar-refractivity contribution is 1.51. The smallest absolute Gasteiger partial charge is 0.0768 e. The second-order valence-corrected chi connectivity index (χ2v) is 4.87. The molecule has 0 saturated heterocycles. The lowest BCUT2D eigenvalue weighted by Crippen LogP contribution is -2.06. The van der Waals surface area contributed by atoms with E-state index >= 15 is 0 Å². The van der Waals surface area contributed by atoms with E-state index in [1.165, 1.54) is 6.20 Å². The third kappa shape index (κ3) is 6.58. The molecule has 0 aliphatic rings. The number of aliphatic imine (C=N–C) groups is 1. The van der Waals surface area contributed by atoms with Gasteiger partial charge in [0.15, 0.2) is 0 Å². The largest absolute Gasteiger partial charge is 0.256 e. The SMILES string of the molecule is C=C/N=C(\C(=C)/C=C\C=C/C)c1ccc(=C)ccccc(=C)c1. The Morgan fingerprint density at radius 1 is 1.00 bits per heavy atom. The van der Waals surface area contributed by atoms with Crippen LogP contribution in [0.2, 0.25) is 0 Å². The van der Waals surface area contributed by atoms with Crippen molar-refractivity contribution in [2.24, 2.45) is 4.99 Å². The molecule has 23 heavy (non-hydrogen) atoms. The van der Waals surface area contributed by atoms with E-state index in [4.69, 9.17) is 0 Å². The fourth-order valence-electron chi connectivity index (χ4n) is 1.85. The van der Waals surface area contributed by atoms with Crippen molar-refractivity contribution in [2.75, 3.05) is 0 Å². The van der Waals surface area contributed by atoms with E-state index in [0.717, 1.165) is 27.3 Å². The molecule has 1 rings (SSSR count). The van der Waals surface area contributed by atoms with E-state index in [0.29, 0.717) is 0 Å². The first-order valence-electron chi connectivity index (χ1n) is 7.38. The maximum atomic E-state index is 4.39. The number of allylic oxidation sites excluding steroid dienone is 5. The van der Waals surface area contributed by atoms with Crippen LogP contribution in [-0.2, 0) is 0 Å². The van der Waals surface area contributed by atoms with Crippen molar-refractivity contribution >= 4 is 18.9 Å². The van der Waals surface area contributed by atoms with Gasteiger partial charge in [0.1, 0.15) is 0 Å². The fraction of sp³-hybridized carbons (Fsp3) is 0.0455. The van der Waals surface area contributed by atoms with Gasteiger partial charge < -0.3 is 0 Å². The highest BCUT2D eigenvalue weighted by atomic mass is 14.7. The minimum atomic E-state index is 0.754. The molecule has 1 aromatic rings. The van der Waals surface area contributed by atoms with E-state index in [2.05, 4.69) is 31.3 Å². The molecular formula is C22H23N. The molecule has 0 spiro atoms. The summed E-state index contributed by atoms with van der Waals surface area (Å²) in [7, 11) is 0. The van der Waals surface area contributed by atoms with Crippen molar-refractivity contribution in [3.05, 3.63) is 108 Å². The molecule has 0 amide bonds. The Kier molecular flexibility index (Phi) is 7.81. The van der Waals surface area contributed by atoms with Crippen molar-refractivity contribution in [1.82, 2.24) is 0 Å². The van der Waals surface area contributed by atoms with Gasteiger partial charge in [-0.25, -0.2) is 0 Å². The zero-order chi connectivity index (χ0) is 17.1. The Bertz CT molecular complexity index is 806. The summed E-state index contributed by atoms with van der Waals surface area (Å²) in [6, 6.07) is 13.6. The molecular weight excluding hydrogens is 278 g/mol. The average molecular weight is 301 g/mol. The van der Waals surface area contributed by atoms with Crippen molar-refractivity contribution < 1.29 is 0 Å². The Morgan fingerprint density at radius 3 is 2.35 bits per heavy atom. The molecule has 0 fully saturated rings. The minimum absolute atomic E-state index is 0.754. The molecule has 0 bridgehead atoms. The fourth-order valence-corrected chi connectivity index (χ4v) is 1.85. The van der Waals surface area contributed by atoms with E-state index in [-0.39, 0.29) is 0 Å². The van der Waals surface area contributed by atoms with Gasteiger partial charge >= 0.3 is 0 Å². The maximum absolute atomic E-state index is 4.39. The Hall–Kier alpha value is -2.93. The molecule has 0 unspecified atom stereocenters. The highest BCUT2D eigenvalue weighted by Gasteiger charge is 2.03. The van der Waals surface area contributed by atoms with Crippen LogP contribution in [0.15, 0.2) is 96.7 Å². The van der Waals surface area contributed by atoms with Gasteiger partial charge in [0.05, 0.1) is 5.71 Å². The monoisotopic (exact) mass is 301 g/mol. The van der Waals surface area contributed by atoms with Crippen LogP contribution in [0.5, 0.6) is 0 Å². The van der Waals surface area contributed by atoms with Crippen LogP contribution in [0.1, 0.15) is 12.5 Å². The number of hydrogen-bond donors (Lipinski definition) is 0. The molecule has 0 heterocycles. The molecule has 0 aliphatic heterocycles. The lowest BCUT2D eigenvalue weighted by Gasteiger charge is -2.04. The first-order valence-corrected chi connectivity index (χ1v) is 7.38. The van der Waals surface area contributed by atoms with Crippen LogP contribution in [-0.4, -0.2) is 5.71 Å². The summed E-state index contributed by atoms with van der Waals surface area (Å²) < 4.78 is 0. The predicted octanol–water partition coefficient (Wildman–Crippen LogP) is 4.25. The zero-order valence-corrected chi connectivity index (χ0v) is 13.7. The number of rotatable bonds is 5. The average Bonchev–Trinajstić information content (AvgIpc) is 2.53. The summed E-state index contributed by atoms with van der Waals surface area (Å²) in [5, 5.41) is 1.78. The Labute approximate surface area is 139 Å². The third-order valence-corrected chi connectivity index (χ3v) is 2.95. The third-order valence-electron chi connectivity index (χ3n) is 2.95. The quantitative estimate of drug-likeness (QED) is 0.569. The second-order valence-electron chi connectivity index (χ2n) is 4.87. The van der Waals surface area contributed by atoms with Crippen LogP contribution < -0.4 is 10.4 Å². The van der Waals surface area contributed by atoms with Crippen molar-refractivity contribution in [3.63, 3.8) is 0 Å². The van der Waals surface area contributed by atoms with Gasteiger partial charge in [0.2, 0.25) is 0 Å². The molecule has 1 nitrogen and oxygen atoms in total. The molecule has 1 heteroatoms. The lowest BCUT2D eigenvalue weighted by atomic mass is 10.0. The summed E-state index contributed by atoms with van der Waals surface area (Å²) in [6.07, 6.45) is 9.28. The molecule has 116 valence electrons. The molecule has 0 aromatic heterocycles. The van der Waals surface area contributed by atoms with Crippen molar-refractivity contribution in [2.45, 2.75) is 6.92 Å². The molecule has 0 atom stereocenters. The van der Waals surface area contributed by atoms with E-state index in [1.807, 2.05) is 73.7 Å². The second kappa shape index (κ2) is 9.91. The Balaban J connectivity index is 3.54. The highest BCUT2D eigenvalue weighted by molar-refractivity contribution is 6.14. The summed E-state index contributed by atoms with van der Waals surface area (Å²) in [4.78, 5) is 4.39. The first kappa shape index (κ1) is 18.1. The molecule has 1 aromatic carbocycles. The topological polar surface area (TPSA) is 12.4 Å². The standard InChI is InChI=1S/C22H23N/c1-6-8-9-14-20(5)22(23-7-2)21-16-15-18(3)12-10-11-13-19(4)17-21/h6-17H,2-5H2,1H3/b8-6-,12-10?,13-11?,14-9-,16-15?,21-17?,23-22+. The van der Waals surface area contributed by atoms with Crippen LogP contribution in [0, 0.1) is 0 Å². The number of nitrogens with zero attached hydrogens (tertiary/aromatic N) is 1. The summed E-state index contributed by atoms with van der Waals surface area (Å²) in [6.45, 7) is 17.8. The predicted molar refractivity (Wildman–Crippen MR) is 104 cm³/mol. The van der Waals surface area contributed by atoms with Crippen LogP contribution in [0.25, 0.3) is 13.2 Å². The minimum Gasteiger partial charge on any atom is -0.256 e. The van der Waals surface area contributed by atoms with Gasteiger partial charge in [-0.2, -0.15) is 0 Å². The summed E-state index contributed by atoms with van der Waals surface area (Å²) >= 11 is 0. The zero-order valence-electron chi connectivity index (χ0n) is 13.7. The summed E-state index contributed by atoms with van der Waals surface area (Å²) in [5.74, 6) is 0. The van der Waals surface area contributed by atoms with E-state index in [1.54, 1.807) is 0 Å². The van der Waals surface area contributed by atoms with Gasteiger partial charge in [-0.15, -0.1) is 0 Å². The van der Waals surface area contributed by atoms with Crippen molar-refractivity contribution in [1.29, 1.82) is 0 Å². The van der Waals surface area contributed by atoms with Crippen LogP contribution in [0.3, 0.4) is 0 Å². The molecule has 0 radical (unpaired) electrons. The van der Waals surface area contributed by atoms with Crippen molar-refractivity contribution in [3.8, 4) is 0 Å². The van der Waals surface area contributed by atoms with E-state index in [9.17, 15) is 0 Å². The van der Waals surface area contributed by atoms with Gasteiger partial charge in [-0.1, -0.05) is 87.0 Å².